The van der Waals surface area contributed by atoms with Crippen LogP contribution in [0, 0.1) is 6.92 Å². The van der Waals surface area contributed by atoms with Crippen molar-refractivity contribution in [2.75, 3.05) is 20.4 Å². The highest BCUT2D eigenvalue weighted by molar-refractivity contribution is 5.51. The van der Waals surface area contributed by atoms with E-state index in [2.05, 4.69) is 18.3 Å². The average Bonchev–Trinajstić information content (AvgIpc) is 2.66. The maximum Gasteiger partial charge on any atom is 0.231 e. The Morgan fingerprint density at radius 3 is 3.00 bits per heavy atom. The summed E-state index contributed by atoms with van der Waals surface area (Å²) >= 11 is 0. The summed E-state index contributed by atoms with van der Waals surface area (Å²) < 4.78 is 10.7. The third-order valence-corrected chi connectivity index (χ3v) is 2.54. The lowest BCUT2D eigenvalue weighted by molar-refractivity contribution is 0.173. The van der Waals surface area contributed by atoms with E-state index in [0.29, 0.717) is 6.79 Å². The molecule has 0 saturated heterocycles. The zero-order valence-electron chi connectivity index (χ0n) is 8.59. The van der Waals surface area contributed by atoms with Crippen LogP contribution in [0.15, 0.2) is 12.1 Å². The van der Waals surface area contributed by atoms with Gasteiger partial charge in [0, 0.05) is 0 Å². The Bertz CT molecular complexity index is 336. The van der Waals surface area contributed by atoms with Crippen LogP contribution < -0.4 is 14.8 Å². The van der Waals surface area contributed by atoms with Gasteiger partial charge in [-0.3, -0.25) is 0 Å². The van der Waals surface area contributed by atoms with Gasteiger partial charge in [-0.05, 0) is 44.1 Å². The van der Waals surface area contributed by atoms with E-state index in [1.165, 1.54) is 11.1 Å². The van der Waals surface area contributed by atoms with E-state index in [0.717, 1.165) is 24.5 Å². The van der Waals surface area contributed by atoms with Crippen LogP contribution in [0.5, 0.6) is 11.5 Å². The number of hydrogen-bond acceptors (Lipinski definition) is 3. The second-order valence-electron chi connectivity index (χ2n) is 3.44. The van der Waals surface area contributed by atoms with E-state index < -0.39 is 0 Å². The molecule has 1 aliphatic rings. The van der Waals surface area contributed by atoms with E-state index in [1.807, 2.05) is 13.1 Å². The lowest BCUT2D eigenvalue weighted by Gasteiger charge is -2.07. The fourth-order valence-corrected chi connectivity index (χ4v) is 1.68. The zero-order chi connectivity index (χ0) is 9.97. The van der Waals surface area contributed by atoms with Gasteiger partial charge >= 0.3 is 0 Å². The van der Waals surface area contributed by atoms with Gasteiger partial charge in [-0.15, -0.1) is 0 Å². The minimum Gasteiger partial charge on any atom is -0.454 e. The number of nitrogens with one attached hydrogen (secondary N) is 1. The van der Waals surface area contributed by atoms with E-state index in [1.54, 1.807) is 0 Å². The van der Waals surface area contributed by atoms with Crippen molar-refractivity contribution in [3.8, 4) is 11.5 Å². The van der Waals surface area contributed by atoms with Crippen LogP contribution in [0.3, 0.4) is 0 Å². The fourth-order valence-electron chi connectivity index (χ4n) is 1.68. The van der Waals surface area contributed by atoms with Crippen molar-refractivity contribution >= 4 is 0 Å². The van der Waals surface area contributed by atoms with Gasteiger partial charge in [0.25, 0.3) is 0 Å². The summed E-state index contributed by atoms with van der Waals surface area (Å²) in [6.07, 6.45) is 1.03. The molecule has 14 heavy (non-hydrogen) atoms. The first kappa shape index (κ1) is 9.34. The Balaban J connectivity index is 2.26. The third-order valence-electron chi connectivity index (χ3n) is 2.54. The Hall–Kier alpha value is -1.22. The normalized spacial score (nSPS) is 13.3. The summed E-state index contributed by atoms with van der Waals surface area (Å²) in [6, 6.07) is 4.10. The zero-order valence-corrected chi connectivity index (χ0v) is 8.59. The minimum absolute atomic E-state index is 0.353. The molecule has 0 atom stereocenters. The molecule has 0 amide bonds. The van der Waals surface area contributed by atoms with E-state index in [9.17, 15) is 0 Å². The number of fused-ring (bicyclic) bond motifs is 1. The number of hydrogen-bond donors (Lipinski definition) is 1. The molecule has 0 unspecified atom stereocenters. The van der Waals surface area contributed by atoms with Crippen molar-refractivity contribution < 1.29 is 9.47 Å². The summed E-state index contributed by atoms with van der Waals surface area (Å²) in [6.45, 7) is 3.42. The summed E-state index contributed by atoms with van der Waals surface area (Å²) in [4.78, 5) is 0. The van der Waals surface area contributed by atoms with Crippen molar-refractivity contribution in [2.45, 2.75) is 13.3 Å². The first-order valence-corrected chi connectivity index (χ1v) is 4.85. The summed E-state index contributed by atoms with van der Waals surface area (Å²) in [7, 11) is 1.96. The SMILES string of the molecule is CNCCc1ccc2c(c1C)OCO2. The van der Waals surface area contributed by atoms with Gasteiger partial charge in [0.15, 0.2) is 11.5 Å². The number of likely N-dealkylation sites (N-methyl/N-ethyl adjacent to an activating group) is 1. The molecule has 0 saturated carbocycles. The number of ether oxygens (including phenoxy) is 2. The summed E-state index contributed by atoms with van der Waals surface area (Å²) in [5.41, 5.74) is 2.53. The van der Waals surface area contributed by atoms with Crippen LogP contribution in [0.1, 0.15) is 11.1 Å². The Morgan fingerprint density at radius 1 is 1.36 bits per heavy atom. The molecular weight excluding hydrogens is 178 g/mol. The van der Waals surface area contributed by atoms with Gasteiger partial charge in [0.1, 0.15) is 0 Å². The maximum absolute atomic E-state index is 5.41. The third kappa shape index (κ3) is 1.55. The summed E-state index contributed by atoms with van der Waals surface area (Å²) in [5, 5.41) is 3.14. The number of rotatable bonds is 3. The predicted molar refractivity (Wildman–Crippen MR) is 54.9 cm³/mol. The van der Waals surface area contributed by atoms with Crippen LogP contribution in [-0.4, -0.2) is 20.4 Å². The first-order chi connectivity index (χ1) is 6.83. The second kappa shape index (κ2) is 3.88. The molecule has 76 valence electrons. The highest BCUT2D eigenvalue weighted by atomic mass is 16.7. The topological polar surface area (TPSA) is 30.5 Å². The molecular formula is C11H15NO2. The Kier molecular flexibility index (Phi) is 2.59. The first-order valence-electron chi connectivity index (χ1n) is 4.85. The predicted octanol–water partition coefficient (Wildman–Crippen LogP) is 1.49. The van der Waals surface area contributed by atoms with Crippen LogP contribution in [0.4, 0.5) is 0 Å². The largest absolute Gasteiger partial charge is 0.454 e. The quantitative estimate of drug-likeness (QED) is 0.788. The molecule has 3 heteroatoms. The molecule has 3 nitrogen and oxygen atoms in total. The number of benzene rings is 1. The molecule has 1 aromatic rings. The van der Waals surface area contributed by atoms with Crippen molar-refractivity contribution in [1.29, 1.82) is 0 Å². The molecule has 0 radical (unpaired) electrons. The molecule has 0 aromatic heterocycles. The second-order valence-corrected chi connectivity index (χ2v) is 3.44. The maximum atomic E-state index is 5.41. The van der Waals surface area contributed by atoms with Crippen molar-refractivity contribution in [3.63, 3.8) is 0 Å². The fraction of sp³-hybridized carbons (Fsp3) is 0.455. The van der Waals surface area contributed by atoms with E-state index in [-0.39, 0.29) is 0 Å². The van der Waals surface area contributed by atoms with Crippen LogP contribution in [0.25, 0.3) is 0 Å². The van der Waals surface area contributed by atoms with Crippen molar-refractivity contribution in [3.05, 3.63) is 23.3 Å². The van der Waals surface area contributed by atoms with Crippen LogP contribution >= 0.6 is 0 Å². The smallest absolute Gasteiger partial charge is 0.231 e. The van der Waals surface area contributed by atoms with E-state index in [4.69, 9.17) is 9.47 Å². The molecule has 0 spiro atoms. The Morgan fingerprint density at radius 2 is 2.21 bits per heavy atom. The van der Waals surface area contributed by atoms with Gasteiger partial charge < -0.3 is 14.8 Å². The lowest BCUT2D eigenvalue weighted by Crippen LogP contribution is -2.11. The standard InChI is InChI=1S/C11H15NO2/c1-8-9(5-6-12-2)3-4-10-11(8)14-7-13-10/h3-4,12H,5-7H2,1-2H3. The Labute approximate surface area is 84.0 Å². The molecule has 0 aliphatic carbocycles. The molecule has 1 aromatic carbocycles. The van der Waals surface area contributed by atoms with Gasteiger partial charge in [-0.1, -0.05) is 6.07 Å². The van der Waals surface area contributed by atoms with Gasteiger partial charge in [-0.2, -0.15) is 0 Å². The van der Waals surface area contributed by atoms with Gasteiger partial charge in [0.05, 0.1) is 0 Å². The van der Waals surface area contributed by atoms with Crippen molar-refractivity contribution in [2.24, 2.45) is 0 Å². The van der Waals surface area contributed by atoms with E-state index >= 15 is 0 Å². The average molecular weight is 193 g/mol. The van der Waals surface area contributed by atoms with Crippen molar-refractivity contribution in [1.82, 2.24) is 5.32 Å². The minimum atomic E-state index is 0.353. The molecule has 0 fully saturated rings. The monoisotopic (exact) mass is 193 g/mol. The van der Waals surface area contributed by atoms with Gasteiger partial charge in [-0.25, -0.2) is 0 Å². The molecule has 1 N–H and O–H groups in total. The highest BCUT2D eigenvalue weighted by Crippen LogP contribution is 2.36. The highest BCUT2D eigenvalue weighted by Gasteiger charge is 2.17. The summed E-state index contributed by atoms with van der Waals surface area (Å²) in [5.74, 6) is 1.79. The molecule has 1 heterocycles. The van der Waals surface area contributed by atoms with Crippen LogP contribution in [-0.2, 0) is 6.42 Å². The van der Waals surface area contributed by atoms with Gasteiger partial charge in [0.2, 0.25) is 6.79 Å². The molecule has 2 rings (SSSR count). The van der Waals surface area contributed by atoms with Crippen LogP contribution in [0.2, 0.25) is 0 Å². The molecule has 1 aliphatic heterocycles. The molecule has 0 bridgehead atoms. The lowest BCUT2D eigenvalue weighted by atomic mass is 10.0.